The van der Waals surface area contributed by atoms with Crippen molar-refractivity contribution in [2.45, 2.75) is 46.2 Å². The molecule has 128 valence electrons. The van der Waals surface area contributed by atoms with E-state index in [1.54, 1.807) is 4.68 Å². The number of anilines is 1. The minimum Gasteiger partial charge on any atom is -0.344 e. The van der Waals surface area contributed by atoms with Gasteiger partial charge >= 0.3 is 0 Å². The van der Waals surface area contributed by atoms with Crippen LogP contribution in [0.5, 0.6) is 0 Å². The van der Waals surface area contributed by atoms with Gasteiger partial charge in [0.1, 0.15) is 0 Å². The quantitative estimate of drug-likeness (QED) is 0.880. The first-order valence-electron chi connectivity index (χ1n) is 7.58. The monoisotopic (exact) mass is 332 g/mol. The van der Waals surface area contributed by atoms with Crippen molar-refractivity contribution in [1.82, 2.24) is 35.7 Å². The topological polar surface area (TPSA) is 115 Å². The highest BCUT2D eigenvalue weighted by atomic mass is 16.5. The molecule has 3 heterocycles. The molecule has 0 aromatic carbocycles. The fourth-order valence-electron chi connectivity index (χ4n) is 2.83. The third-order valence-corrected chi connectivity index (χ3v) is 4.16. The third kappa shape index (κ3) is 2.43. The predicted octanol–water partition coefficient (Wildman–Crippen LogP) is 0.869. The molecule has 1 aliphatic rings. The molecule has 0 fully saturated rings. The Balaban J connectivity index is 2.01. The van der Waals surface area contributed by atoms with Crippen molar-refractivity contribution < 1.29 is 9.32 Å². The Kier molecular flexibility index (Phi) is 3.61. The number of carbonyl (C=O) groups is 1. The molecule has 1 unspecified atom stereocenters. The summed E-state index contributed by atoms with van der Waals surface area (Å²) in [6, 6.07) is -0.150. The molecule has 10 heteroatoms. The first kappa shape index (κ1) is 16.1. The van der Waals surface area contributed by atoms with Gasteiger partial charge < -0.3 is 14.7 Å². The maximum atomic E-state index is 11.4. The lowest BCUT2D eigenvalue weighted by molar-refractivity contribution is -0.120. The number of nitrogens with one attached hydrogen (secondary N) is 1. The second kappa shape index (κ2) is 5.39. The number of fused-ring (bicyclic) bond motifs is 1. The van der Waals surface area contributed by atoms with E-state index in [-0.39, 0.29) is 11.9 Å². The molecule has 2 aromatic heterocycles. The summed E-state index contributed by atoms with van der Waals surface area (Å²) < 4.78 is 7.17. The maximum Gasteiger partial charge on any atom is 0.257 e. The summed E-state index contributed by atoms with van der Waals surface area (Å²) in [5, 5.41) is 18.6. The van der Waals surface area contributed by atoms with E-state index >= 15 is 0 Å². The largest absolute Gasteiger partial charge is 0.344 e. The lowest BCUT2D eigenvalue weighted by atomic mass is 10.0. The van der Waals surface area contributed by atoms with Gasteiger partial charge in [-0.2, -0.15) is 4.98 Å². The van der Waals surface area contributed by atoms with Crippen molar-refractivity contribution in [2.75, 3.05) is 11.9 Å². The van der Waals surface area contributed by atoms with Gasteiger partial charge in [-0.05, 0) is 38.1 Å². The van der Waals surface area contributed by atoms with Crippen LogP contribution < -0.4 is 10.2 Å². The zero-order valence-corrected chi connectivity index (χ0v) is 14.5. The summed E-state index contributed by atoms with van der Waals surface area (Å²) in [5.74, 6) is 1.29. The molecule has 0 saturated carbocycles. The minimum absolute atomic E-state index is 0.150. The zero-order valence-electron chi connectivity index (χ0n) is 14.5. The molecular weight excluding hydrogens is 312 g/mol. The second-order valence-corrected chi connectivity index (χ2v) is 6.39. The Hall–Kier alpha value is -2.78. The van der Waals surface area contributed by atoms with Crippen LogP contribution in [-0.2, 0) is 10.3 Å². The third-order valence-electron chi connectivity index (χ3n) is 4.16. The summed E-state index contributed by atoms with van der Waals surface area (Å²) >= 11 is 0. The van der Waals surface area contributed by atoms with Crippen molar-refractivity contribution in [1.29, 1.82) is 0 Å². The molecule has 1 atom stereocenters. The Bertz CT molecular complexity index is 818. The van der Waals surface area contributed by atoms with E-state index in [4.69, 9.17) is 4.52 Å². The minimum atomic E-state index is -0.730. The van der Waals surface area contributed by atoms with Crippen molar-refractivity contribution in [3.63, 3.8) is 0 Å². The number of hydrogen-bond donors (Lipinski definition) is 1. The standard InChI is InChI=1S/C14H20N8O2/c1-7-10(8(2)22-13(21(7)6)17-19-20-22)11-15-12(18-24-11)14(4,5)16-9(3)23/h8H,1-6H3,(H,16,23). The van der Waals surface area contributed by atoms with Crippen molar-refractivity contribution in [3.8, 4) is 0 Å². The van der Waals surface area contributed by atoms with Crippen LogP contribution >= 0.6 is 0 Å². The van der Waals surface area contributed by atoms with Crippen LogP contribution in [0, 0.1) is 0 Å². The fraction of sp³-hybridized carbons (Fsp3) is 0.571. The van der Waals surface area contributed by atoms with Gasteiger partial charge in [0.05, 0.1) is 17.2 Å². The summed E-state index contributed by atoms with van der Waals surface area (Å²) in [5.41, 5.74) is 1.04. The van der Waals surface area contributed by atoms with E-state index in [1.807, 2.05) is 39.6 Å². The van der Waals surface area contributed by atoms with Crippen LogP contribution in [0.3, 0.4) is 0 Å². The number of rotatable bonds is 3. The first-order chi connectivity index (χ1) is 11.2. The number of allylic oxidation sites excluding steroid dienone is 2. The molecule has 24 heavy (non-hydrogen) atoms. The van der Waals surface area contributed by atoms with E-state index in [0.29, 0.717) is 17.7 Å². The number of nitrogens with zero attached hydrogens (tertiary/aromatic N) is 7. The molecule has 2 aromatic rings. The number of carbonyl (C=O) groups excluding carboxylic acids is 1. The molecule has 0 bridgehead atoms. The number of aromatic nitrogens is 6. The maximum absolute atomic E-state index is 11.4. The van der Waals surface area contributed by atoms with Crippen molar-refractivity contribution >= 4 is 17.4 Å². The van der Waals surface area contributed by atoms with Crippen LogP contribution in [0.4, 0.5) is 5.95 Å². The molecular formula is C14H20N8O2. The molecule has 0 radical (unpaired) electrons. The van der Waals surface area contributed by atoms with Gasteiger partial charge in [-0.3, -0.25) is 4.79 Å². The highest BCUT2D eigenvalue weighted by Crippen LogP contribution is 2.37. The van der Waals surface area contributed by atoms with Gasteiger partial charge in [-0.15, -0.1) is 0 Å². The van der Waals surface area contributed by atoms with Crippen LogP contribution in [0.1, 0.15) is 52.4 Å². The first-order valence-corrected chi connectivity index (χ1v) is 7.58. The summed E-state index contributed by atoms with van der Waals surface area (Å²) in [7, 11) is 1.88. The lowest BCUT2D eigenvalue weighted by Gasteiger charge is -2.29. The van der Waals surface area contributed by atoms with Crippen LogP contribution in [0.2, 0.25) is 0 Å². The SMILES string of the molecule is CC(=O)NC(C)(C)c1noc(C2=C(C)N(C)c3nnnn3C2C)n1. The number of hydrogen-bond acceptors (Lipinski definition) is 8. The summed E-state index contributed by atoms with van der Waals surface area (Å²) in [6.07, 6.45) is 0. The van der Waals surface area contributed by atoms with E-state index < -0.39 is 5.54 Å². The molecule has 1 N–H and O–H groups in total. The van der Waals surface area contributed by atoms with E-state index in [1.165, 1.54) is 6.92 Å². The Labute approximate surface area is 138 Å². The lowest BCUT2D eigenvalue weighted by Crippen LogP contribution is -2.40. The van der Waals surface area contributed by atoms with E-state index in [2.05, 4.69) is 31.0 Å². The van der Waals surface area contributed by atoms with Gasteiger partial charge in [0.15, 0.2) is 5.82 Å². The molecule has 10 nitrogen and oxygen atoms in total. The molecule has 1 amide bonds. The van der Waals surface area contributed by atoms with Gasteiger partial charge in [0.2, 0.25) is 11.9 Å². The molecule has 0 saturated heterocycles. The smallest absolute Gasteiger partial charge is 0.257 e. The summed E-state index contributed by atoms with van der Waals surface area (Å²) in [4.78, 5) is 17.7. The van der Waals surface area contributed by atoms with Crippen molar-refractivity contribution in [3.05, 3.63) is 17.4 Å². The molecule has 0 aliphatic carbocycles. The van der Waals surface area contributed by atoms with Crippen LogP contribution in [-0.4, -0.2) is 43.3 Å². The zero-order chi connectivity index (χ0) is 17.6. The number of tetrazole rings is 1. The normalized spacial score (nSPS) is 17.9. The highest BCUT2D eigenvalue weighted by Gasteiger charge is 2.34. The second-order valence-electron chi connectivity index (χ2n) is 6.39. The highest BCUT2D eigenvalue weighted by molar-refractivity contribution is 5.74. The Morgan fingerprint density at radius 2 is 2.08 bits per heavy atom. The number of amides is 1. The average Bonchev–Trinajstić information content (AvgIpc) is 3.13. The van der Waals surface area contributed by atoms with E-state index in [0.717, 1.165) is 11.3 Å². The van der Waals surface area contributed by atoms with E-state index in [9.17, 15) is 4.79 Å². The van der Waals surface area contributed by atoms with Gasteiger partial charge in [-0.1, -0.05) is 10.3 Å². The van der Waals surface area contributed by atoms with Crippen molar-refractivity contribution in [2.24, 2.45) is 0 Å². The average molecular weight is 332 g/mol. The molecule has 0 spiro atoms. The summed E-state index contributed by atoms with van der Waals surface area (Å²) in [6.45, 7) is 9.01. The fourth-order valence-corrected chi connectivity index (χ4v) is 2.83. The van der Waals surface area contributed by atoms with Gasteiger partial charge in [-0.25, -0.2) is 4.68 Å². The van der Waals surface area contributed by atoms with Gasteiger partial charge in [0.25, 0.3) is 5.89 Å². The molecule has 1 aliphatic heterocycles. The Morgan fingerprint density at radius 3 is 2.75 bits per heavy atom. The molecule has 3 rings (SSSR count). The predicted molar refractivity (Wildman–Crippen MR) is 84.7 cm³/mol. The van der Waals surface area contributed by atoms with Gasteiger partial charge in [0, 0.05) is 19.7 Å². The van der Waals surface area contributed by atoms with Crippen LogP contribution in [0.25, 0.3) is 5.57 Å². The Morgan fingerprint density at radius 1 is 1.38 bits per heavy atom. The van der Waals surface area contributed by atoms with Crippen LogP contribution in [0.15, 0.2) is 10.2 Å².